The third-order valence-corrected chi connectivity index (χ3v) is 3.35. The number of hydrogen-bond acceptors (Lipinski definition) is 3. The SMILES string of the molecule is COc1cccc(-c2ccc(CNC(=O)CC(C)N)cc2)c1.Cl. The van der Waals surface area contributed by atoms with E-state index < -0.39 is 0 Å². The molecule has 0 fully saturated rings. The molecular formula is C18H23ClN2O2. The summed E-state index contributed by atoms with van der Waals surface area (Å²) in [5.74, 6) is 0.816. The lowest BCUT2D eigenvalue weighted by molar-refractivity contribution is -0.121. The minimum Gasteiger partial charge on any atom is -0.497 e. The van der Waals surface area contributed by atoms with Crippen molar-refractivity contribution in [1.82, 2.24) is 5.32 Å². The van der Waals surface area contributed by atoms with Crippen molar-refractivity contribution in [2.45, 2.75) is 25.9 Å². The third-order valence-electron chi connectivity index (χ3n) is 3.35. The fraction of sp³-hybridized carbons (Fsp3) is 0.278. The Bertz CT molecular complexity index is 627. The molecule has 0 heterocycles. The molecular weight excluding hydrogens is 312 g/mol. The number of rotatable bonds is 6. The Hall–Kier alpha value is -2.04. The van der Waals surface area contributed by atoms with Gasteiger partial charge in [0.2, 0.25) is 5.91 Å². The highest BCUT2D eigenvalue weighted by Crippen LogP contribution is 2.23. The quantitative estimate of drug-likeness (QED) is 0.853. The molecule has 0 saturated carbocycles. The van der Waals surface area contributed by atoms with Gasteiger partial charge in [-0.25, -0.2) is 0 Å². The highest BCUT2D eigenvalue weighted by Gasteiger charge is 2.05. The molecule has 3 N–H and O–H groups in total. The molecule has 1 unspecified atom stereocenters. The van der Waals surface area contributed by atoms with Gasteiger partial charge in [-0.15, -0.1) is 12.4 Å². The van der Waals surface area contributed by atoms with E-state index >= 15 is 0 Å². The molecule has 2 aromatic rings. The molecule has 0 aliphatic heterocycles. The minimum absolute atomic E-state index is 0. The zero-order chi connectivity index (χ0) is 15.9. The van der Waals surface area contributed by atoms with Crippen LogP contribution in [-0.2, 0) is 11.3 Å². The summed E-state index contributed by atoms with van der Waals surface area (Å²) in [4.78, 5) is 11.6. The number of carbonyl (C=O) groups excluding carboxylic acids is 1. The summed E-state index contributed by atoms with van der Waals surface area (Å²) in [6.45, 7) is 2.34. The largest absolute Gasteiger partial charge is 0.497 e. The number of amides is 1. The zero-order valence-electron chi connectivity index (χ0n) is 13.4. The van der Waals surface area contributed by atoms with Crippen LogP contribution >= 0.6 is 12.4 Å². The van der Waals surface area contributed by atoms with Crippen LogP contribution in [0, 0.1) is 0 Å². The van der Waals surface area contributed by atoms with E-state index in [9.17, 15) is 4.79 Å². The predicted octanol–water partition coefficient (Wildman–Crippen LogP) is 3.14. The zero-order valence-corrected chi connectivity index (χ0v) is 14.2. The van der Waals surface area contributed by atoms with Crippen LogP contribution in [0.1, 0.15) is 18.9 Å². The standard InChI is InChI=1S/C18H22N2O2.ClH/c1-13(19)10-18(21)20-12-14-6-8-15(9-7-14)16-4-3-5-17(11-16)22-2;/h3-9,11,13H,10,12,19H2,1-2H3,(H,20,21);1H. The highest BCUT2D eigenvalue weighted by atomic mass is 35.5. The van der Waals surface area contributed by atoms with E-state index in [0.29, 0.717) is 13.0 Å². The van der Waals surface area contributed by atoms with Crippen molar-refractivity contribution >= 4 is 18.3 Å². The molecule has 0 aromatic heterocycles. The maximum absolute atomic E-state index is 11.6. The summed E-state index contributed by atoms with van der Waals surface area (Å²) in [7, 11) is 1.66. The Balaban J connectivity index is 0.00000264. The van der Waals surface area contributed by atoms with Crippen LogP contribution in [0.15, 0.2) is 48.5 Å². The van der Waals surface area contributed by atoms with E-state index in [-0.39, 0.29) is 24.4 Å². The number of nitrogens with one attached hydrogen (secondary N) is 1. The van der Waals surface area contributed by atoms with Crippen LogP contribution in [0.4, 0.5) is 0 Å². The minimum atomic E-state index is -0.115. The number of carbonyl (C=O) groups is 1. The topological polar surface area (TPSA) is 64.3 Å². The summed E-state index contributed by atoms with van der Waals surface area (Å²) >= 11 is 0. The van der Waals surface area contributed by atoms with Gasteiger partial charge in [0.05, 0.1) is 7.11 Å². The summed E-state index contributed by atoms with van der Waals surface area (Å²) in [6.07, 6.45) is 0.349. The van der Waals surface area contributed by atoms with E-state index in [1.54, 1.807) is 7.11 Å². The van der Waals surface area contributed by atoms with Crippen LogP contribution in [-0.4, -0.2) is 19.1 Å². The summed E-state index contributed by atoms with van der Waals surface area (Å²) < 4.78 is 5.24. The molecule has 1 amide bonds. The van der Waals surface area contributed by atoms with Crippen LogP contribution < -0.4 is 15.8 Å². The molecule has 2 aromatic carbocycles. The summed E-state index contributed by atoms with van der Waals surface area (Å²) in [6, 6.07) is 15.9. The molecule has 5 heteroatoms. The van der Waals surface area contributed by atoms with Gasteiger partial charge in [-0.2, -0.15) is 0 Å². The Labute approximate surface area is 143 Å². The number of hydrogen-bond donors (Lipinski definition) is 2. The maximum atomic E-state index is 11.6. The normalized spacial score (nSPS) is 11.3. The predicted molar refractivity (Wildman–Crippen MR) is 95.8 cm³/mol. The summed E-state index contributed by atoms with van der Waals surface area (Å²) in [5, 5.41) is 2.87. The van der Waals surface area contributed by atoms with E-state index in [1.165, 1.54) is 0 Å². The van der Waals surface area contributed by atoms with Gasteiger partial charge < -0.3 is 15.8 Å². The monoisotopic (exact) mass is 334 g/mol. The van der Waals surface area contributed by atoms with Crippen LogP contribution in [0.2, 0.25) is 0 Å². The number of nitrogens with two attached hydrogens (primary N) is 1. The first-order valence-electron chi connectivity index (χ1n) is 7.34. The lowest BCUT2D eigenvalue weighted by atomic mass is 10.0. The lowest BCUT2D eigenvalue weighted by Crippen LogP contribution is -2.29. The molecule has 0 aliphatic carbocycles. The van der Waals surface area contributed by atoms with Crippen molar-refractivity contribution in [3.63, 3.8) is 0 Å². The first-order chi connectivity index (χ1) is 10.6. The van der Waals surface area contributed by atoms with E-state index in [1.807, 2.05) is 55.5 Å². The first-order valence-corrected chi connectivity index (χ1v) is 7.34. The van der Waals surface area contributed by atoms with E-state index in [4.69, 9.17) is 10.5 Å². The average molecular weight is 335 g/mol. The van der Waals surface area contributed by atoms with Gasteiger partial charge >= 0.3 is 0 Å². The molecule has 4 nitrogen and oxygen atoms in total. The Kier molecular flexibility index (Phi) is 7.59. The van der Waals surface area contributed by atoms with Crippen molar-refractivity contribution in [2.24, 2.45) is 5.73 Å². The van der Waals surface area contributed by atoms with Gasteiger partial charge in [0.15, 0.2) is 0 Å². The second-order valence-corrected chi connectivity index (χ2v) is 5.39. The van der Waals surface area contributed by atoms with Gasteiger partial charge in [-0.1, -0.05) is 36.4 Å². The Morgan fingerprint density at radius 1 is 1.17 bits per heavy atom. The van der Waals surface area contributed by atoms with Gasteiger partial charge in [-0.3, -0.25) is 4.79 Å². The smallest absolute Gasteiger partial charge is 0.221 e. The second kappa shape index (κ2) is 9.18. The Morgan fingerprint density at radius 2 is 1.87 bits per heavy atom. The van der Waals surface area contributed by atoms with Gasteiger partial charge in [0.1, 0.15) is 5.75 Å². The fourth-order valence-electron chi connectivity index (χ4n) is 2.18. The molecule has 23 heavy (non-hydrogen) atoms. The molecule has 1 atom stereocenters. The van der Waals surface area contributed by atoms with Gasteiger partial charge in [-0.05, 0) is 35.7 Å². The van der Waals surface area contributed by atoms with Crippen molar-refractivity contribution in [3.05, 3.63) is 54.1 Å². The maximum Gasteiger partial charge on any atom is 0.221 e. The average Bonchev–Trinajstić information content (AvgIpc) is 2.53. The Morgan fingerprint density at radius 3 is 2.48 bits per heavy atom. The molecule has 0 radical (unpaired) electrons. The lowest BCUT2D eigenvalue weighted by Gasteiger charge is -2.09. The van der Waals surface area contributed by atoms with Gasteiger partial charge in [0.25, 0.3) is 0 Å². The van der Waals surface area contributed by atoms with Gasteiger partial charge in [0, 0.05) is 19.0 Å². The molecule has 0 saturated heterocycles. The number of benzene rings is 2. The van der Waals surface area contributed by atoms with Crippen LogP contribution in [0.5, 0.6) is 5.75 Å². The number of ether oxygens (including phenoxy) is 1. The molecule has 0 aliphatic rings. The van der Waals surface area contributed by atoms with E-state index in [0.717, 1.165) is 22.4 Å². The van der Waals surface area contributed by atoms with Crippen LogP contribution in [0.25, 0.3) is 11.1 Å². The number of halogens is 1. The second-order valence-electron chi connectivity index (χ2n) is 5.39. The number of methoxy groups -OCH3 is 1. The first kappa shape index (κ1) is 19.0. The van der Waals surface area contributed by atoms with Crippen LogP contribution in [0.3, 0.4) is 0 Å². The van der Waals surface area contributed by atoms with Crippen molar-refractivity contribution < 1.29 is 9.53 Å². The van der Waals surface area contributed by atoms with Crippen molar-refractivity contribution in [2.75, 3.05) is 7.11 Å². The van der Waals surface area contributed by atoms with E-state index in [2.05, 4.69) is 5.32 Å². The summed E-state index contributed by atoms with van der Waals surface area (Å²) in [5.41, 5.74) is 8.88. The van der Waals surface area contributed by atoms with Crippen molar-refractivity contribution in [3.8, 4) is 16.9 Å². The third kappa shape index (κ3) is 5.93. The fourth-order valence-corrected chi connectivity index (χ4v) is 2.18. The molecule has 0 spiro atoms. The molecule has 124 valence electrons. The molecule has 0 bridgehead atoms. The highest BCUT2D eigenvalue weighted by molar-refractivity contribution is 5.85. The molecule has 2 rings (SSSR count). The van der Waals surface area contributed by atoms with Crippen molar-refractivity contribution in [1.29, 1.82) is 0 Å².